The van der Waals surface area contributed by atoms with E-state index in [1.54, 1.807) is 6.92 Å². The first-order valence-corrected chi connectivity index (χ1v) is 10.1. The second-order valence-electron chi connectivity index (χ2n) is 7.73. The van der Waals surface area contributed by atoms with E-state index in [4.69, 9.17) is 0 Å². The molecule has 1 fully saturated rings. The molecular weight excluding hydrogens is 425 g/mol. The molecule has 4 aromatic heterocycles. The van der Waals surface area contributed by atoms with Crippen LogP contribution >= 0.6 is 0 Å². The predicted octanol–water partition coefficient (Wildman–Crippen LogP) is 2.71. The first-order valence-electron chi connectivity index (χ1n) is 10.1. The fourth-order valence-corrected chi connectivity index (χ4v) is 3.78. The molecule has 166 valence electrons. The van der Waals surface area contributed by atoms with Crippen molar-refractivity contribution in [2.24, 2.45) is 5.92 Å². The quantitative estimate of drug-likeness (QED) is 0.509. The molecule has 0 bridgehead atoms. The van der Waals surface area contributed by atoms with Crippen molar-refractivity contribution < 1.29 is 18.0 Å². The Hall–Kier alpha value is -3.54. The summed E-state index contributed by atoms with van der Waals surface area (Å²) in [5.41, 5.74) is -0.0456. The number of nitrogens with one attached hydrogen (secondary N) is 1. The van der Waals surface area contributed by atoms with E-state index in [1.807, 2.05) is 6.92 Å². The van der Waals surface area contributed by atoms with E-state index in [0.717, 1.165) is 17.2 Å². The van der Waals surface area contributed by atoms with Crippen LogP contribution in [0.15, 0.2) is 24.5 Å². The first kappa shape index (κ1) is 20.4. The van der Waals surface area contributed by atoms with Crippen LogP contribution < -0.4 is 5.32 Å². The number of aryl methyl sites for hydroxylation is 1. The van der Waals surface area contributed by atoms with Crippen molar-refractivity contribution in [1.82, 2.24) is 34.1 Å². The van der Waals surface area contributed by atoms with Crippen molar-refractivity contribution in [2.75, 3.05) is 25.0 Å². The summed E-state index contributed by atoms with van der Waals surface area (Å²) in [6.45, 7) is 5.83. The summed E-state index contributed by atoms with van der Waals surface area (Å²) in [7, 11) is 0. The molecule has 1 aliphatic heterocycles. The Morgan fingerprint density at radius 1 is 1.19 bits per heavy atom. The molecule has 0 spiro atoms. The van der Waals surface area contributed by atoms with Gasteiger partial charge in [0.1, 0.15) is 5.82 Å². The van der Waals surface area contributed by atoms with Gasteiger partial charge in [0.05, 0.1) is 23.4 Å². The maximum absolute atomic E-state index is 14.8. The van der Waals surface area contributed by atoms with E-state index >= 15 is 0 Å². The standard InChI is InChI=1S/C20H19F3N8O/c1-3-29-6-12(7-29)20(32)26-16-9-30-8-11(4-14(21)19(30)25-16)15-5-13(17(22)23)18-24-10(2)27-31(18)28-15/h4-5,8-9,12,17H,3,6-7H2,1-2H3,(H,26,32). The molecule has 32 heavy (non-hydrogen) atoms. The SMILES string of the molecule is CCN1CC(C(=O)Nc2cn3cc(-c4cc(C(F)F)c5nc(C)nn5n4)cc(F)c3n2)C1. The lowest BCUT2D eigenvalue weighted by Crippen LogP contribution is -2.51. The average molecular weight is 444 g/mol. The summed E-state index contributed by atoms with van der Waals surface area (Å²) in [5.74, 6) is -0.477. The summed E-state index contributed by atoms with van der Waals surface area (Å²) in [4.78, 5) is 22.6. The minimum Gasteiger partial charge on any atom is -0.309 e. The fraction of sp³-hybridized carbons (Fsp3) is 0.350. The van der Waals surface area contributed by atoms with Crippen LogP contribution in [0.25, 0.3) is 22.6 Å². The number of carbonyl (C=O) groups is 1. The number of amides is 1. The zero-order chi connectivity index (χ0) is 22.6. The van der Waals surface area contributed by atoms with E-state index in [2.05, 4.69) is 30.4 Å². The molecule has 1 aliphatic rings. The largest absolute Gasteiger partial charge is 0.309 e. The van der Waals surface area contributed by atoms with Crippen LogP contribution in [-0.2, 0) is 4.79 Å². The number of rotatable bonds is 5. The van der Waals surface area contributed by atoms with Gasteiger partial charge in [-0.2, -0.15) is 0 Å². The third kappa shape index (κ3) is 3.45. The predicted molar refractivity (Wildman–Crippen MR) is 109 cm³/mol. The summed E-state index contributed by atoms with van der Waals surface area (Å²) in [6.07, 6.45) is 0.181. The van der Waals surface area contributed by atoms with E-state index in [9.17, 15) is 18.0 Å². The highest BCUT2D eigenvalue weighted by Gasteiger charge is 2.31. The number of anilines is 1. The third-order valence-electron chi connectivity index (χ3n) is 5.51. The Labute approximate surface area is 179 Å². The Morgan fingerprint density at radius 2 is 1.97 bits per heavy atom. The smallest absolute Gasteiger partial charge is 0.267 e. The highest BCUT2D eigenvalue weighted by Crippen LogP contribution is 2.28. The Balaban J connectivity index is 1.49. The van der Waals surface area contributed by atoms with Crippen molar-refractivity contribution in [2.45, 2.75) is 20.3 Å². The van der Waals surface area contributed by atoms with Crippen molar-refractivity contribution in [1.29, 1.82) is 0 Å². The molecule has 1 N–H and O–H groups in total. The summed E-state index contributed by atoms with van der Waals surface area (Å²) >= 11 is 0. The van der Waals surface area contributed by atoms with E-state index in [1.165, 1.54) is 22.9 Å². The molecule has 0 radical (unpaired) electrons. The topological polar surface area (TPSA) is 92.7 Å². The maximum Gasteiger partial charge on any atom is 0.267 e. The van der Waals surface area contributed by atoms with Gasteiger partial charge in [0.15, 0.2) is 22.9 Å². The molecule has 0 atom stereocenters. The summed E-state index contributed by atoms with van der Waals surface area (Å²) in [6, 6.07) is 2.33. The monoisotopic (exact) mass is 444 g/mol. The van der Waals surface area contributed by atoms with Gasteiger partial charge in [-0.1, -0.05) is 6.92 Å². The van der Waals surface area contributed by atoms with Gasteiger partial charge in [-0.15, -0.1) is 14.8 Å². The summed E-state index contributed by atoms with van der Waals surface area (Å²) < 4.78 is 44.3. The van der Waals surface area contributed by atoms with Gasteiger partial charge in [-0.3, -0.25) is 4.79 Å². The number of hydrogen-bond donors (Lipinski definition) is 1. The third-order valence-corrected chi connectivity index (χ3v) is 5.51. The Kier molecular flexibility index (Phi) is 4.81. The number of fused-ring (bicyclic) bond motifs is 2. The number of carbonyl (C=O) groups excluding carboxylic acids is 1. The van der Waals surface area contributed by atoms with Crippen LogP contribution in [0, 0.1) is 18.7 Å². The van der Waals surface area contributed by atoms with Crippen LogP contribution in [-0.4, -0.2) is 59.6 Å². The molecule has 4 aromatic rings. The molecule has 0 saturated carbocycles. The number of nitrogens with zero attached hydrogens (tertiary/aromatic N) is 7. The number of imidazole rings is 1. The lowest BCUT2D eigenvalue weighted by atomic mass is 9.99. The summed E-state index contributed by atoms with van der Waals surface area (Å²) in [5, 5.41) is 10.9. The second-order valence-corrected chi connectivity index (χ2v) is 7.73. The molecule has 0 aromatic carbocycles. The second kappa shape index (κ2) is 7.55. The molecule has 12 heteroatoms. The van der Waals surface area contributed by atoms with Gasteiger partial charge in [0.25, 0.3) is 6.43 Å². The molecule has 9 nitrogen and oxygen atoms in total. The van der Waals surface area contributed by atoms with Gasteiger partial charge >= 0.3 is 0 Å². The molecule has 5 rings (SSSR count). The van der Waals surface area contributed by atoms with Crippen molar-refractivity contribution in [3.63, 3.8) is 0 Å². The zero-order valence-electron chi connectivity index (χ0n) is 17.3. The molecule has 5 heterocycles. The van der Waals surface area contributed by atoms with E-state index < -0.39 is 12.2 Å². The highest BCUT2D eigenvalue weighted by atomic mass is 19.3. The van der Waals surface area contributed by atoms with E-state index in [-0.39, 0.29) is 45.8 Å². The number of aromatic nitrogens is 6. The number of halogens is 3. The van der Waals surface area contributed by atoms with Crippen molar-refractivity contribution in [3.8, 4) is 11.3 Å². The Morgan fingerprint density at radius 3 is 2.69 bits per heavy atom. The molecule has 0 aliphatic carbocycles. The Bertz CT molecular complexity index is 1340. The van der Waals surface area contributed by atoms with Crippen molar-refractivity contribution >= 4 is 23.0 Å². The van der Waals surface area contributed by atoms with Crippen LogP contribution in [0.5, 0.6) is 0 Å². The first-order chi connectivity index (χ1) is 15.3. The lowest BCUT2D eigenvalue weighted by Gasteiger charge is -2.37. The highest BCUT2D eigenvalue weighted by molar-refractivity contribution is 5.92. The lowest BCUT2D eigenvalue weighted by molar-refractivity contribution is -0.124. The van der Waals surface area contributed by atoms with E-state index in [0.29, 0.717) is 18.9 Å². The number of pyridine rings is 1. The number of likely N-dealkylation sites (tertiary alicyclic amines) is 1. The van der Waals surface area contributed by atoms with Gasteiger partial charge < -0.3 is 14.6 Å². The van der Waals surface area contributed by atoms with Crippen LogP contribution in [0.1, 0.15) is 24.7 Å². The average Bonchev–Trinajstić information content (AvgIpc) is 3.28. The maximum atomic E-state index is 14.8. The van der Waals surface area contributed by atoms with Gasteiger partial charge in [-0.25, -0.2) is 23.1 Å². The molecular formula is C20H19F3N8O. The minimum absolute atomic E-state index is 0.000365. The normalized spacial score (nSPS) is 15.1. The van der Waals surface area contributed by atoms with Gasteiger partial charge in [-0.05, 0) is 25.6 Å². The zero-order valence-corrected chi connectivity index (χ0v) is 17.3. The number of hydrogen-bond acceptors (Lipinski definition) is 6. The van der Waals surface area contributed by atoms with Gasteiger partial charge in [0, 0.05) is 24.8 Å². The number of alkyl halides is 2. The van der Waals surface area contributed by atoms with Crippen LogP contribution in [0.4, 0.5) is 19.0 Å². The minimum atomic E-state index is -2.80. The molecule has 0 unspecified atom stereocenters. The van der Waals surface area contributed by atoms with Crippen LogP contribution in [0.3, 0.4) is 0 Å². The molecule has 1 amide bonds. The molecule has 1 saturated heterocycles. The fourth-order valence-electron chi connectivity index (χ4n) is 3.78. The van der Waals surface area contributed by atoms with Crippen LogP contribution in [0.2, 0.25) is 0 Å². The van der Waals surface area contributed by atoms with Gasteiger partial charge in [0.2, 0.25) is 5.91 Å². The van der Waals surface area contributed by atoms with Crippen molar-refractivity contribution in [3.05, 3.63) is 41.7 Å².